The first-order chi connectivity index (χ1) is 10.7. The molecule has 1 aromatic carbocycles. The van der Waals surface area contributed by atoms with Crippen molar-refractivity contribution >= 4 is 11.9 Å². The average molecular weight is 299 g/mol. The largest absolute Gasteiger partial charge is 0.508 e. The van der Waals surface area contributed by atoms with Crippen LogP contribution in [0.4, 0.5) is 0 Å². The lowest BCUT2D eigenvalue weighted by Crippen LogP contribution is -2.38. The molecule has 1 N–H and O–H groups in total. The predicted octanol–water partition coefficient (Wildman–Crippen LogP) is 3.63. The highest BCUT2D eigenvalue weighted by atomic mass is 16.3. The molecule has 3 heteroatoms. The molecule has 3 rings (SSSR count). The van der Waals surface area contributed by atoms with Crippen LogP contribution in [0.5, 0.6) is 5.75 Å². The summed E-state index contributed by atoms with van der Waals surface area (Å²) >= 11 is 0. The maximum atomic E-state index is 12.7. The molecule has 118 valence electrons. The Morgan fingerprint density at radius 2 is 1.82 bits per heavy atom. The third kappa shape index (κ3) is 3.77. The summed E-state index contributed by atoms with van der Waals surface area (Å²) in [6.45, 7) is 3.24. The van der Waals surface area contributed by atoms with Gasteiger partial charge in [0.2, 0.25) is 0 Å². The zero-order chi connectivity index (χ0) is 15.4. The molecule has 2 aliphatic rings. The Balaban J connectivity index is 1.67. The average Bonchev–Trinajstić information content (AvgIpc) is 2.54. The molecule has 1 saturated heterocycles. The van der Waals surface area contributed by atoms with Gasteiger partial charge < -0.3 is 10.0 Å². The van der Waals surface area contributed by atoms with E-state index in [1.165, 1.54) is 19.3 Å². The molecule has 2 fully saturated rings. The van der Waals surface area contributed by atoms with Crippen LogP contribution in [0.2, 0.25) is 0 Å². The minimum absolute atomic E-state index is 0.176. The van der Waals surface area contributed by atoms with E-state index in [1.54, 1.807) is 12.1 Å². The summed E-state index contributed by atoms with van der Waals surface area (Å²) in [5, 5.41) is 9.35. The molecule has 1 saturated carbocycles. The van der Waals surface area contributed by atoms with Crippen LogP contribution >= 0.6 is 0 Å². The molecule has 1 aromatic rings. The van der Waals surface area contributed by atoms with Crippen molar-refractivity contribution in [2.75, 3.05) is 19.6 Å². The Hall–Kier alpha value is -1.61. The molecule has 0 radical (unpaired) electrons. The SMILES string of the molecule is O=C1/C(=C\c2ccc(O)cc2)CCCC1CN1CCCCC1. The quantitative estimate of drug-likeness (QED) is 0.866. The van der Waals surface area contributed by atoms with Crippen LogP contribution in [0.3, 0.4) is 0 Å². The van der Waals surface area contributed by atoms with Gasteiger partial charge in [0, 0.05) is 12.5 Å². The third-order valence-corrected chi connectivity index (χ3v) is 4.85. The summed E-state index contributed by atoms with van der Waals surface area (Å²) < 4.78 is 0. The third-order valence-electron chi connectivity index (χ3n) is 4.85. The van der Waals surface area contributed by atoms with Gasteiger partial charge in [-0.1, -0.05) is 18.6 Å². The number of phenolic OH excluding ortho intramolecular Hbond substituents is 1. The van der Waals surface area contributed by atoms with Crippen molar-refractivity contribution in [1.29, 1.82) is 0 Å². The van der Waals surface area contributed by atoms with Gasteiger partial charge in [0.15, 0.2) is 5.78 Å². The number of rotatable bonds is 3. The van der Waals surface area contributed by atoms with Crippen LogP contribution in [0.25, 0.3) is 6.08 Å². The number of carbonyl (C=O) groups is 1. The molecule has 0 aromatic heterocycles. The fourth-order valence-electron chi connectivity index (χ4n) is 3.60. The topological polar surface area (TPSA) is 40.5 Å². The van der Waals surface area contributed by atoms with Crippen molar-refractivity contribution in [2.45, 2.75) is 38.5 Å². The Morgan fingerprint density at radius 3 is 2.55 bits per heavy atom. The number of carbonyl (C=O) groups excluding carboxylic acids is 1. The Morgan fingerprint density at radius 1 is 1.09 bits per heavy atom. The van der Waals surface area contributed by atoms with Crippen molar-refractivity contribution in [1.82, 2.24) is 4.90 Å². The standard InChI is InChI=1S/C19H25NO2/c21-18-9-7-15(8-10-18)13-16-5-4-6-17(19(16)22)14-20-11-2-1-3-12-20/h7-10,13,17,21H,1-6,11-12,14H2/b16-13-. The van der Waals surface area contributed by atoms with Crippen LogP contribution in [0.1, 0.15) is 44.1 Å². The van der Waals surface area contributed by atoms with E-state index >= 15 is 0 Å². The normalized spacial score (nSPS) is 25.5. The number of piperidine rings is 1. The lowest BCUT2D eigenvalue weighted by atomic mass is 9.83. The number of phenols is 1. The summed E-state index contributed by atoms with van der Waals surface area (Å²) in [6, 6.07) is 7.07. The van der Waals surface area contributed by atoms with Gasteiger partial charge in [-0.15, -0.1) is 0 Å². The molecule has 3 nitrogen and oxygen atoms in total. The molecule has 1 heterocycles. The minimum atomic E-state index is 0.176. The van der Waals surface area contributed by atoms with E-state index in [0.717, 1.165) is 50.0 Å². The maximum absolute atomic E-state index is 12.7. The Bertz CT molecular complexity index is 541. The number of allylic oxidation sites excluding steroid dienone is 1. The highest BCUT2D eigenvalue weighted by molar-refractivity contribution is 6.01. The van der Waals surface area contributed by atoms with Crippen molar-refractivity contribution in [2.24, 2.45) is 5.92 Å². The van der Waals surface area contributed by atoms with E-state index in [2.05, 4.69) is 4.90 Å². The molecular weight excluding hydrogens is 274 g/mol. The fourth-order valence-corrected chi connectivity index (χ4v) is 3.60. The van der Waals surface area contributed by atoms with E-state index < -0.39 is 0 Å². The van der Waals surface area contributed by atoms with E-state index in [9.17, 15) is 9.90 Å². The zero-order valence-electron chi connectivity index (χ0n) is 13.1. The van der Waals surface area contributed by atoms with Crippen LogP contribution in [0.15, 0.2) is 29.8 Å². The van der Waals surface area contributed by atoms with Gasteiger partial charge in [0.25, 0.3) is 0 Å². The van der Waals surface area contributed by atoms with E-state index in [1.807, 2.05) is 18.2 Å². The monoisotopic (exact) mass is 299 g/mol. The highest BCUT2D eigenvalue weighted by Gasteiger charge is 2.28. The van der Waals surface area contributed by atoms with Gasteiger partial charge in [-0.05, 0) is 74.5 Å². The van der Waals surface area contributed by atoms with E-state index in [4.69, 9.17) is 0 Å². The first-order valence-corrected chi connectivity index (χ1v) is 8.48. The van der Waals surface area contributed by atoms with E-state index in [0.29, 0.717) is 5.78 Å². The van der Waals surface area contributed by atoms with E-state index in [-0.39, 0.29) is 11.7 Å². The number of nitrogens with zero attached hydrogens (tertiary/aromatic N) is 1. The van der Waals surface area contributed by atoms with Gasteiger partial charge in [-0.25, -0.2) is 0 Å². The van der Waals surface area contributed by atoms with Crippen LogP contribution in [0, 0.1) is 5.92 Å². The van der Waals surface area contributed by atoms with Crippen LogP contribution in [-0.4, -0.2) is 35.4 Å². The number of hydrogen-bond donors (Lipinski definition) is 1. The smallest absolute Gasteiger partial charge is 0.163 e. The second kappa shape index (κ2) is 7.10. The molecule has 1 atom stereocenters. The van der Waals surface area contributed by atoms with Gasteiger partial charge in [0.05, 0.1) is 0 Å². The summed E-state index contributed by atoms with van der Waals surface area (Å²) in [6.07, 6.45) is 8.91. The molecule has 1 aliphatic heterocycles. The van der Waals surface area contributed by atoms with Crippen LogP contribution in [-0.2, 0) is 4.79 Å². The number of aromatic hydroxyl groups is 1. The molecule has 0 spiro atoms. The Labute approximate surface area is 132 Å². The fraction of sp³-hybridized carbons (Fsp3) is 0.526. The number of Topliss-reactive ketones (excluding diaryl/α,β-unsaturated/α-hetero) is 1. The molecule has 0 bridgehead atoms. The molecule has 22 heavy (non-hydrogen) atoms. The van der Waals surface area contributed by atoms with Gasteiger partial charge in [-0.3, -0.25) is 4.79 Å². The summed E-state index contributed by atoms with van der Waals surface area (Å²) in [5.74, 6) is 0.778. The molecule has 1 aliphatic carbocycles. The second-order valence-electron chi connectivity index (χ2n) is 6.58. The number of hydrogen-bond acceptors (Lipinski definition) is 3. The molecular formula is C19H25NO2. The number of likely N-dealkylation sites (tertiary alicyclic amines) is 1. The van der Waals surface area contributed by atoms with Crippen molar-refractivity contribution in [3.63, 3.8) is 0 Å². The van der Waals surface area contributed by atoms with Gasteiger partial charge in [0.1, 0.15) is 5.75 Å². The first kappa shape index (κ1) is 15.3. The zero-order valence-corrected chi connectivity index (χ0v) is 13.1. The summed E-state index contributed by atoms with van der Waals surface area (Å²) in [7, 11) is 0. The number of ketones is 1. The second-order valence-corrected chi connectivity index (χ2v) is 6.58. The predicted molar refractivity (Wildman–Crippen MR) is 88.7 cm³/mol. The lowest BCUT2D eigenvalue weighted by molar-refractivity contribution is -0.121. The van der Waals surface area contributed by atoms with Gasteiger partial charge >= 0.3 is 0 Å². The maximum Gasteiger partial charge on any atom is 0.163 e. The summed E-state index contributed by atoms with van der Waals surface area (Å²) in [5.41, 5.74) is 1.96. The molecule has 1 unspecified atom stereocenters. The highest BCUT2D eigenvalue weighted by Crippen LogP contribution is 2.28. The van der Waals surface area contributed by atoms with Crippen molar-refractivity contribution in [3.8, 4) is 5.75 Å². The summed E-state index contributed by atoms with van der Waals surface area (Å²) in [4.78, 5) is 15.2. The Kier molecular flexibility index (Phi) is 4.94. The lowest BCUT2D eigenvalue weighted by Gasteiger charge is -2.32. The first-order valence-electron chi connectivity index (χ1n) is 8.48. The van der Waals surface area contributed by atoms with Gasteiger partial charge in [-0.2, -0.15) is 0 Å². The van der Waals surface area contributed by atoms with Crippen molar-refractivity contribution in [3.05, 3.63) is 35.4 Å². The molecule has 0 amide bonds. The van der Waals surface area contributed by atoms with Crippen LogP contribution < -0.4 is 0 Å². The van der Waals surface area contributed by atoms with Crippen molar-refractivity contribution < 1.29 is 9.90 Å². The number of benzene rings is 1. The minimum Gasteiger partial charge on any atom is -0.508 e.